The first-order chi connectivity index (χ1) is 29.2. The number of rotatable bonds is 18. The number of ether oxygens (including phenoxy) is 2. The van der Waals surface area contributed by atoms with Crippen LogP contribution in [0.4, 0.5) is 0 Å². The number of aryl methyl sites for hydroxylation is 1. The van der Waals surface area contributed by atoms with Crippen LogP contribution in [0.25, 0.3) is 0 Å². The summed E-state index contributed by atoms with van der Waals surface area (Å²) < 4.78 is 12.0. The molecule has 1 saturated heterocycles. The van der Waals surface area contributed by atoms with Crippen molar-refractivity contribution in [3.63, 3.8) is 0 Å². The molecule has 62 heavy (non-hydrogen) atoms. The highest BCUT2D eigenvalue weighted by Crippen LogP contribution is 2.55. The minimum absolute atomic E-state index is 0.00475. The van der Waals surface area contributed by atoms with Crippen molar-refractivity contribution in [2.75, 3.05) is 19.8 Å². The second-order valence-corrected chi connectivity index (χ2v) is 19.7. The first-order valence-electron chi connectivity index (χ1n) is 21.4. The van der Waals surface area contributed by atoms with Crippen molar-refractivity contribution in [2.24, 2.45) is 16.2 Å². The molecule has 3 aromatic rings. The lowest BCUT2D eigenvalue weighted by Gasteiger charge is -2.63. The molecule has 1 aliphatic carbocycles. The van der Waals surface area contributed by atoms with Crippen LogP contribution in [0.15, 0.2) is 66.7 Å². The van der Waals surface area contributed by atoms with E-state index in [4.69, 9.17) is 32.7 Å². The van der Waals surface area contributed by atoms with Gasteiger partial charge in [0.05, 0.1) is 16.7 Å². The molecule has 3 atom stereocenters. The Morgan fingerprint density at radius 3 is 2.19 bits per heavy atom. The van der Waals surface area contributed by atoms with E-state index in [1.165, 1.54) is 4.90 Å². The fourth-order valence-corrected chi connectivity index (χ4v) is 9.26. The molecule has 2 fully saturated rings. The maximum atomic E-state index is 13.8. The lowest BCUT2D eigenvalue weighted by molar-refractivity contribution is -0.164. The number of aliphatic hydroxyl groups excluding tert-OH is 1. The summed E-state index contributed by atoms with van der Waals surface area (Å²) in [6.45, 7) is 14.3. The normalized spacial score (nSPS) is 20.6. The Hall–Kier alpha value is -4.67. The van der Waals surface area contributed by atoms with E-state index in [1.807, 2.05) is 45.0 Å². The lowest BCUT2D eigenvalue weighted by atomic mass is 9.49. The van der Waals surface area contributed by atoms with Gasteiger partial charge in [-0.15, -0.1) is 0 Å². The fourth-order valence-electron chi connectivity index (χ4n) is 8.92. The van der Waals surface area contributed by atoms with Crippen LogP contribution in [0, 0.1) is 27.6 Å². The van der Waals surface area contributed by atoms with Gasteiger partial charge in [0.15, 0.2) is 0 Å². The molecule has 0 radical (unpaired) electrons. The summed E-state index contributed by atoms with van der Waals surface area (Å²) >= 11 is 12.2. The Labute approximate surface area is 376 Å². The van der Waals surface area contributed by atoms with Gasteiger partial charge >= 0.3 is 0 Å². The summed E-state index contributed by atoms with van der Waals surface area (Å²) in [5, 5.41) is 29.5. The Balaban J connectivity index is 0.989. The Morgan fingerprint density at radius 2 is 1.56 bits per heavy atom. The molecular formula is C48H61Cl2N5O7. The summed E-state index contributed by atoms with van der Waals surface area (Å²) in [6, 6.07) is 20.0. The van der Waals surface area contributed by atoms with Crippen LogP contribution in [0.1, 0.15) is 108 Å². The number of hydrogen-bond donors (Lipinski definition) is 4. The Bertz CT molecular complexity index is 2080. The molecule has 4 N–H and O–H groups in total. The fraction of sp³-hybridized carbons (Fsp3) is 0.521. The molecule has 0 unspecified atom stereocenters. The molecule has 4 amide bonds. The smallest absolute Gasteiger partial charge is 0.251 e. The zero-order valence-corrected chi connectivity index (χ0v) is 38.4. The van der Waals surface area contributed by atoms with Crippen molar-refractivity contribution >= 4 is 46.8 Å². The second-order valence-electron chi connectivity index (χ2n) is 18.8. The number of carbonyl (C=O) groups is 4. The van der Waals surface area contributed by atoms with Crippen molar-refractivity contribution < 1.29 is 33.8 Å². The number of β-amino-alcohol motifs (C(OH)–C–C–N with tert-alkyl or cyclic N) is 1. The molecule has 1 aliphatic heterocycles. The van der Waals surface area contributed by atoms with Crippen molar-refractivity contribution in [3.05, 3.63) is 99.0 Å². The van der Waals surface area contributed by atoms with Crippen LogP contribution >= 0.6 is 23.2 Å². The first-order valence-corrected chi connectivity index (χ1v) is 22.1. The number of nitrogens with one attached hydrogen (secondary N) is 3. The average Bonchev–Trinajstić information content (AvgIpc) is 3.62. The van der Waals surface area contributed by atoms with E-state index in [0.717, 1.165) is 43.2 Å². The zero-order chi connectivity index (χ0) is 45.4. The topological polar surface area (TPSA) is 170 Å². The van der Waals surface area contributed by atoms with Gasteiger partial charge in [-0.1, -0.05) is 109 Å². The number of aliphatic hydroxyl groups is 1. The van der Waals surface area contributed by atoms with Gasteiger partial charge < -0.3 is 35.4 Å². The molecule has 2 aliphatic rings. The number of benzene rings is 3. The molecular weight excluding hydrogens is 829 g/mol. The van der Waals surface area contributed by atoms with Crippen molar-refractivity contribution in [2.45, 2.75) is 124 Å². The molecule has 3 aromatic carbocycles. The molecule has 5 rings (SSSR count). The van der Waals surface area contributed by atoms with Gasteiger partial charge in [0.25, 0.3) is 5.91 Å². The number of carbonyl (C=O) groups excluding carboxylic acids is 4. The van der Waals surface area contributed by atoms with E-state index in [9.17, 15) is 29.5 Å². The summed E-state index contributed by atoms with van der Waals surface area (Å²) in [7, 11) is 0. The van der Waals surface area contributed by atoms with E-state index in [0.29, 0.717) is 33.5 Å². The summed E-state index contributed by atoms with van der Waals surface area (Å²) in [5.41, 5.74) is 1.57. The number of amides is 4. The van der Waals surface area contributed by atoms with Crippen molar-refractivity contribution in [1.82, 2.24) is 20.9 Å². The third kappa shape index (κ3) is 12.1. The SMILES string of the molecule is CC1(C)C(NC(=O)c2ccc(CCCCCCOCC(=O)N[C@H](C(=O)N3C[C@H](O)C[C@H]3C(=O)NCc3ccc(Cl)cc3)C(C)(C)C)cc2)C(C)(C)C1Oc1ccc(C#N)c(Cl)c1. The lowest BCUT2D eigenvalue weighted by Crippen LogP contribution is -2.74. The maximum absolute atomic E-state index is 13.8. The summed E-state index contributed by atoms with van der Waals surface area (Å²) in [6.07, 6.45) is 3.54. The highest BCUT2D eigenvalue weighted by molar-refractivity contribution is 6.31. The number of unbranched alkanes of at least 4 members (excludes halogenated alkanes) is 3. The predicted molar refractivity (Wildman–Crippen MR) is 240 cm³/mol. The average molecular weight is 891 g/mol. The van der Waals surface area contributed by atoms with E-state index < -0.39 is 35.4 Å². The van der Waals surface area contributed by atoms with Crippen LogP contribution in [-0.4, -0.2) is 83.7 Å². The van der Waals surface area contributed by atoms with Gasteiger partial charge in [-0.3, -0.25) is 19.2 Å². The molecule has 334 valence electrons. The largest absolute Gasteiger partial charge is 0.489 e. The number of nitrogens with zero attached hydrogens (tertiary/aromatic N) is 2. The molecule has 12 nitrogen and oxygen atoms in total. The van der Waals surface area contributed by atoms with Gasteiger partial charge in [-0.05, 0) is 72.2 Å². The quantitative estimate of drug-likeness (QED) is 0.0958. The van der Waals surface area contributed by atoms with Gasteiger partial charge in [0.1, 0.15) is 36.6 Å². The van der Waals surface area contributed by atoms with Gasteiger partial charge in [0, 0.05) is 59.6 Å². The van der Waals surface area contributed by atoms with Gasteiger partial charge in [-0.2, -0.15) is 5.26 Å². The van der Waals surface area contributed by atoms with Gasteiger partial charge in [-0.25, -0.2) is 0 Å². The minimum atomic E-state index is -0.934. The number of likely N-dealkylation sites (tertiary alicyclic amines) is 1. The van der Waals surface area contributed by atoms with Gasteiger partial charge in [0.2, 0.25) is 17.7 Å². The second kappa shape index (κ2) is 20.7. The van der Waals surface area contributed by atoms with Crippen LogP contribution in [0.3, 0.4) is 0 Å². The maximum Gasteiger partial charge on any atom is 0.251 e. The van der Waals surface area contributed by atoms with E-state index in [1.54, 1.807) is 42.5 Å². The number of nitriles is 1. The third-order valence-electron chi connectivity index (χ3n) is 12.0. The molecule has 0 spiro atoms. The third-order valence-corrected chi connectivity index (χ3v) is 12.6. The van der Waals surface area contributed by atoms with E-state index in [-0.39, 0.29) is 60.9 Å². The van der Waals surface area contributed by atoms with Crippen molar-refractivity contribution in [1.29, 1.82) is 5.26 Å². The summed E-state index contributed by atoms with van der Waals surface area (Å²) in [5.74, 6) is -0.784. The minimum Gasteiger partial charge on any atom is -0.489 e. The first kappa shape index (κ1) is 48.4. The molecule has 0 aromatic heterocycles. The molecule has 1 heterocycles. The number of hydrogen-bond acceptors (Lipinski definition) is 8. The number of halogens is 2. The summed E-state index contributed by atoms with van der Waals surface area (Å²) in [4.78, 5) is 54.7. The zero-order valence-electron chi connectivity index (χ0n) is 36.9. The van der Waals surface area contributed by atoms with E-state index in [2.05, 4.69) is 49.7 Å². The predicted octanol–water partition coefficient (Wildman–Crippen LogP) is 7.41. The highest BCUT2D eigenvalue weighted by Gasteiger charge is 2.64. The van der Waals surface area contributed by atoms with Crippen LogP contribution < -0.4 is 20.7 Å². The molecule has 14 heteroatoms. The Morgan fingerprint density at radius 1 is 0.919 bits per heavy atom. The van der Waals surface area contributed by atoms with E-state index >= 15 is 0 Å². The monoisotopic (exact) mass is 889 g/mol. The van der Waals surface area contributed by atoms with Crippen molar-refractivity contribution in [3.8, 4) is 11.8 Å². The van der Waals surface area contributed by atoms with Crippen LogP contribution in [-0.2, 0) is 32.1 Å². The molecule has 1 saturated carbocycles. The Kier molecular flexibility index (Phi) is 16.1. The van der Waals surface area contributed by atoms with Crippen LogP contribution in [0.5, 0.6) is 5.75 Å². The molecule has 0 bridgehead atoms. The standard InChI is InChI=1S/C48H61Cl2N5O7/c1-46(2,3)40(43(60)55-28-35(56)24-38(55)42(59)52-27-31-15-20-34(49)21-16-31)53-39(57)29-61-23-11-9-8-10-12-30-13-17-32(18-14-30)41(58)54-44-47(4,5)45(48(44,6)7)62-36-22-19-33(26-51)37(50)25-36/h13-22,25,35,38,40,44-45,56H,8-12,23-24,27-29H2,1-7H3,(H,52,59)(H,53,57)(H,54,58)/t35-,38+,40-,44?,45?/m1/s1. The van der Waals surface area contributed by atoms with Crippen LogP contribution in [0.2, 0.25) is 10.0 Å². The highest BCUT2D eigenvalue weighted by atomic mass is 35.5.